The van der Waals surface area contributed by atoms with E-state index in [2.05, 4.69) is 27.0 Å². The standard InChI is InChI=1S/C23H30FN5O2.HI/c1-2-25-23(29-10-9-20(17-29)28-11-13-30-14-12-28)27-16-18-3-8-22(26-15-18)31-21-6-4-19(24)5-7-21;/h3-8,15,20H,2,9-14,16-17H2,1H3,(H,25,27);1H. The molecule has 2 saturated heterocycles. The molecule has 0 aliphatic carbocycles. The number of nitrogens with zero attached hydrogens (tertiary/aromatic N) is 4. The highest BCUT2D eigenvalue weighted by Crippen LogP contribution is 2.20. The summed E-state index contributed by atoms with van der Waals surface area (Å²) in [5.41, 5.74) is 1.01. The number of morpholine rings is 1. The lowest BCUT2D eigenvalue weighted by molar-refractivity contribution is 0.0195. The smallest absolute Gasteiger partial charge is 0.219 e. The van der Waals surface area contributed by atoms with E-state index in [0.717, 1.165) is 63.9 Å². The van der Waals surface area contributed by atoms with E-state index in [9.17, 15) is 4.39 Å². The van der Waals surface area contributed by atoms with E-state index in [0.29, 0.717) is 24.2 Å². The number of likely N-dealkylation sites (tertiary alicyclic amines) is 1. The molecule has 0 radical (unpaired) electrons. The molecule has 7 nitrogen and oxygen atoms in total. The summed E-state index contributed by atoms with van der Waals surface area (Å²) in [6, 6.07) is 10.2. The molecule has 2 fully saturated rings. The molecule has 2 aliphatic rings. The number of nitrogens with one attached hydrogen (secondary N) is 1. The van der Waals surface area contributed by atoms with Crippen molar-refractivity contribution in [1.82, 2.24) is 20.1 Å². The van der Waals surface area contributed by atoms with E-state index in [1.807, 2.05) is 12.1 Å². The Balaban J connectivity index is 0.00000289. The lowest BCUT2D eigenvalue weighted by atomic mass is 10.2. The highest BCUT2D eigenvalue weighted by Gasteiger charge is 2.30. The Labute approximate surface area is 206 Å². The van der Waals surface area contributed by atoms with Gasteiger partial charge in [0.25, 0.3) is 0 Å². The van der Waals surface area contributed by atoms with Crippen LogP contribution in [0.5, 0.6) is 11.6 Å². The van der Waals surface area contributed by atoms with E-state index >= 15 is 0 Å². The quantitative estimate of drug-likeness (QED) is 0.335. The van der Waals surface area contributed by atoms with Crippen molar-refractivity contribution < 1.29 is 13.9 Å². The minimum Gasteiger partial charge on any atom is -0.439 e. The first-order chi connectivity index (χ1) is 15.2. The van der Waals surface area contributed by atoms with Crippen molar-refractivity contribution in [2.45, 2.75) is 25.9 Å². The summed E-state index contributed by atoms with van der Waals surface area (Å²) in [5.74, 6) is 1.68. The molecule has 3 heterocycles. The maximum Gasteiger partial charge on any atom is 0.219 e. The summed E-state index contributed by atoms with van der Waals surface area (Å²) >= 11 is 0. The highest BCUT2D eigenvalue weighted by atomic mass is 127. The third kappa shape index (κ3) is 6.76. The van der Waals surface area contributed by atoms with Gasteiger partial charge in [-0.25, -0.2) is 14.4 Å². The summed E-state index contributed by atoms with van der Waals surface area (Å²) in [6.07, 6.45) is 2.92. The fourth-order valence-corrected chi connectivity index (χ4v) is 3.96. The third-order valence-corrected chi connectivity index (χ3v) is 5.60. The van der Waals surface area contributed by atoms with Crippen LogP contribution >= 0.6 is 24.0 Å². The third-order valence-electron chi connectivity index (χ3n) is 5.60. The first-order valence-corrected chi connectivity index (χ1v) is 10.9. The number of ether oxygens (including phenoxy) is 2. The topological polar surface area (TPSA) is 62.2 Å². The van der Waals surface area contributed by atoms with Crippen molar-refractivity contribution in [3.05, 3.63) is 54.0 Å². The Morgan fingerprint density at radius 3 is 2.66 bits per heavy atom. The summed E-state index contributed by atoms with van der Waals surface area (Å²) in [4.78, 5) is 14.1. The van der Waals surface area contributed by atoms with Crippen LogP contribution in [-0.2, 0) is 11.3 Å². The van der Waals surface area contributed by atoms with Crippen molar-refractivity contribution in [2.75, 3.05) is 45.9 Å². The molecular weight excluding hydrogens is 524 g/mol. The molecule has 1 atom stereocenters. The summed E-state index contributed by atoms with van der Waals surface area (Å²) in [7, 11) is 0. The molecule has 174 valence electrons. The molecule has 0 bridgehead atoms. The van der Waals surface area contributed by atoms with E-state index in [1.54, 1.807) is 18.3 Å². The van der Waals surface area contributed by atoms with Gasteiger partial charge in [-0.05, 0) is 43.2 Å². The number of guanidine groups is 1. The molecule has 1 N–H and O–H groups in total. The van der Waals surface area contributed by atoms with Crippen LogP contribution in [0.25, 0.3) is 0 Å². The normalized spacial score (nSPS) is 19.5. The molecule has 2 aliphatic heterocycles. The maximum atomic E-state index is 13.0. The fourth-order valence-electron chi connectivity index (χ4n) is 3.96. The zero-order valence-corrected chi connectivity index (χ0v) is 20.7. The summed E-state index contributed by atoms with van der Waals surface area (Å²) in [5, 5.41) is 3.42. The molecule has 9 heteroatoms. The first kappa shape index (κ1) is 24.7. The van der Waals surface area contributed by atoms with Crippen molar-refractivity contribution >= 4 is 29.9 Å². The van der Waals surface area contributed by atoms with Crippen LogP contribution in [0.1, 0.15) is 18.9 Å². The minimum atomic E-state index is -0.292. The van der Waals surface area contributed by atoms with Gasteiger partial charge in [0.15, 0.2) is 5.96 Å². The average Bonchev–Trinajstić information content (AvgIpc) is 3.30. The van der Waals surface area contributed by atoms with Gasteiger partial charge in [-0.3, -0.25) is 4.90 Å². The number of halogens is 2. The molecule has 1 aromatic heterocycles. The Kier molecular flexibility index (Phi) is 9.49. The number of hydrogen-bond donors (Lipinski definition) is 1. The molecule has 0 saturated carbocycles. The molecule has 32 heavy (non-hydrogen) atoms. The predicted molar refractivity (Wildman–Crippen MR) is 133 cm³/mol. The monoisotopic (exact) mass is 555 g/mol. The second-order valence-corrected chi connectivity index (χ2v) is 7.77. The van der Waals surface area contributed by atoms with Crippen LogP contribution in [-0.4, -0.2) is 72.7 Å². The van der Waals surface area contributed by atoms with Crippen LogP contribution in [0.3, 0.4) is 0 Å². The van der Waals surface area contributed by atoms with E-state index in [-0.39, 0.29) is 29.8 Å². The summed E-state index contributed by atoms with van der Waals surface area (Å²) < 4.78 is 24.2. The summed E-state index contributed by atoms with van der Waals surface area (Å²) in [6.45, 7) is 9.18. The largest absolute Gasteiger partial charge is 0.439 e. The molecule has 0 spiro atoms. The van der Waals surface area contributed by atoms with Crippen molar-refractivity contribution in [3.8, 4) is 11.6 Å². The molecular formula is C23H31FIN5O2. The molecule has 4 rings (SSSR count). The van der Waals surface area contributed by atoms with Gasteiger partial charge in [0.2, 0.25) is 5.88 Å². The van der Waals surface area contributed by atoms with Gasteiger partial charge in [0, 0.05) is 51.0 Å². The average molecular weight is 555 g/mol. The number of rotatable bonds is 6. The Morgan fingerprint density at radius 2 is 1.97 bits per heavy atom. The van der Waals surface area contributed by atoms with Crippen LogP contribution in [0.4, 0.5) is 4.39 Å². The number of hydrogen-bond acceptors (Lipinski definition) is 5. The molecule has 0 amide bonds. The Morgan fingerprint density at radius 1 is 1.19 bits per heavy atom. The van der Waals surface area contributed by atoms with Crippen molar-refractivity contribution in [2.24, 2.45) is 4.99 Å². The number of aromatic nitrogens is 1. The number of pyridine rings is 1. The van der Waals surface area contributed by atoms with Gasteiger partial charge in [0.1, 0.15) is 11.6 Å². The predicted octanol–water partition coefficient (Wildman–Crippen LogP) is 3.50. The van der Waals surface area contributed by atoms with Gasteiger partial charge >= 0.3 is 0 Å². The van der Waals surface area contributed by atoms with Crippen LogP contribution in [0.15, 0.2) is 47.6 Å². The second kappa shape index (κ2) is 12.3. The van der Waals surface area contributed by atoms with Crippen LogP contribution < -0.4 is 10.1 Å². The van der Waals surface area contributed by atoms with E-state index in [4.69, 9.17) is 14.5 Å². The van der Waals surface area contributed by atoms with Crippen molar-refractivity contribution in [3.63, 3.8) is 0 Å². The van der Waals surface area contributed by atoms with E-state index in [1.165, 1.54) is 12.1 Å². The Bertz CT molecular complexity index is 860. The number of aliphatic imine (C=N–C) groups is 1. The van der Waals surface area contributed by atoms with Crippen LogP contribution in [0, 0.1) is 5.82 Å². The second-order valence-electron chi connectivity index (χ2n) is 7.77. The molecule has 2 aromatic rings. The van der Waals surface area contributed by atoms with Crippen LogP contribution in [0.2, 0.25) is 0 Å². The fraction of sp³-hybridized carbons (Fsp3) is 0.478. The zero-order chi connectivity index (χ0) is 21.5. The Hall–Kier alpha value is -1.98. The van der Waals surface area contributed by atoms with Crippen molar-refractivity contribution in [1.29, 1.82) is 0 Å². The number of benzene rings is 1. The SMILES string of the molecule is CCNC(=NCc1ccc(Oc2ccc(F)cc2)nc1)N1CCC(N2CCOCC2)C1.I. The molecule has 1 unspecified atom stereocenters. The van der Waals surface area contributed by atoms with Gasteiger partial charge in [0.05, 0.1) is 19.8 Å². The zero-order valence-electron chi connectivity index (χ0n) is 18.4. The lowest BCUT2D eigenvalue weighted by Gasteiger charge is -2.32. The maximum absolute atomic E-state index is 13.0. The van der Waals surface area contributed by atoms with Gasteiger partial charge in [-0.2, -0.15) is 0 Å². The van der Waals surface area contributed by atoms with Gasteiger partial charge < -0.3 is 19.7 Å². The van der Waals surface area contributed by atoms with Gasteiger partial charge in [-0.1, -0.05) is 6.07 Å². The lowest BCUT2D eigenvalue weighted by Crippen LogP contribution is -2.46. The van der Waals surface area contributed by atoms with Gasteiger partial charge in [-0.15, -0.1) is 24.0 Å². The highest BCUT2D eigenvalue weighted by molar-refractivity contribution is 14.0. The molecule has 1 aromatic carbocycles. The first-order valence-electron chi connectivity index (χ1n) is 10.9. The van der Waals surface area contributed by atoms with E-state index < -0.39 is 0 Å². The minimum absolute atomic E-state index is 0.